The highest BCUT2D eigenvalue weighted by atomic mass is 31.3. The van der Waals surface area contributed by atoms with Crippen molar-refractivity contribution in [1.82, 2.24) is 14.1 Å². The second kappa shape index (κ2) is 13.2. The number of aliphatic hydroxyl groups excluding tert-OH is 2. The molecule has 6 N–H and O–H groups in total. The van der Waals surface area contributed by atoms with Crippen LogP contribution in [0.4, 0.5) is 0 Å². The topological polar surface area (TPSA) is 276 Å². The van der Waals surface area contributed by atoms with Gasteiger partial charge in [-0.25, -0.2) is 18.5 Å². The first kappa shape index (κ1) is 34.0. The van der Waals surface area contributed by atoms with E-state index in [1.165, 1.54) is 13.3 Å². The Morgan fingerprint density at radius 3 is 2.32 bits per heavy atom. The van der Waals surface area contributed by atoms with Crippen molar-refractivity contribution in [2.75, 3.05) is 13.7 Å². The van der Waals surface area contributed by atoms with E-state index in [0.717, 1.165) is 32.5 Å². The molecule has 0 aliphatic carbocycles. The van der Waals surface area contributed by atoms with Gasteiger partial charge in [0, 0.05) is 18.5 Å². The fourth-order valence-corrected chi connectivity index (χ4v) is 7.18. The van der Waals surface area contributed by atoms with Crippen molar-refractivity contribution in [1.29, 1.82) is 0 Å². The molecule has 1 aromatic carbocycles. The van der Waals surface area contributed by atoms with Crippen LogP contribution in [-0.2, 0) is 38.1 Å². The summed E-state index contributed by atoms with van der Waals surface area (Å²) in [5.41, 5.74) is 0.122. The predicted molar refractivity (Wildman–Crippen MR) is 146 cm³/mol. The van der Waals surface area contributed by atoms with Crippen LogP contribution >= 0.6 is 23.5 Å². The van der Waals surface area contributed by atoms with E-state index in [9.17, 15) is 43.3 Å². The number of aromatic nitrogens is 3. The number of ether oxygens (including phenoxy) is 2. The molecule has 1 saturated heterocycles. The maximum atomic E-state index is 13.3. The molecular formula is C22H26N3O16P3. The molecule has 3 heterocycles. The fraction of sp³-hybridized carbons (Fsp3) is 0.318. The summed E-state index contributed by atoms with van der Waals surface area (Å²) >= 11 is 0. The van der Waals surface area contributed by atoms with Crippen LogP contribution in [-0.4, -0.2) is 75.9 Å². The molecule has 1 fully saturated rings. The number of benzene rings is 1. The lowest BCUT2D eigenvalue weighted by Gasteiger charge is -2.19. The van der Waals surface area contributed by atoms with Gasteiger partial charge in [0.05, 0.1) is 26.0 Å². The molecule has 44 heavy (non-hydrogen) atoms. The lowest BCUT2D eigenvalue weighted by molar-refractivity contribution is -0.0547. The Morgan fingerprint density at radius 1 is 0.932 bits per heavy atom. The molecule has 4 rings (SSSR count). The average molecular weight is 681 g/mol. The summed E-state index contributed by atoms with van der Waals surface area (Å²) in [4.78, 5) is 66.3. The fourth-order valence-electron chi connectivity index (χ4n) is 4.15. The largest absolute Gasteiger partial charge is 0.497 e. The van der Waals surface area contributed by atoms with Crippen LogP contribution < -0.4 is 16.0 Å². The van der Waals surface area contributed by atoms with Crippen LogP contribution in [0.15, 0.2) is 64.4 Å². The number of aliphatic hydroxyl groups is 2. The van der Waals surface area contributed by atoms with Gasteiger partial charge in [-0.3, -0.25) is 23.4 Å². The number of nitrogens with zero attached hydrogens (tertiary/aromatic N) is 3. The zero-order chi connectivity index (χ0) is 32.4. The molecule has 0 amide bonds. The minimum absolute atomic E-state index is 0.294. The minimum Gasteiger partial charge on any atom is -0.497 e. The van der Waals surface area contributed by atoms with Gasteiger partial charge >= 0.3 is 29.2 Å². The number of rotatable bonds is 12. The van der Waals surface area contributed by atoms with Gasteiger partial charge in [0.1, 0.15) is 24.1 Å². The summed E-state index contributed by atoms with van der Waals surface area (Å²) in [6.45, 7) is -1.38. The monoisotopic (exact) mass is 681 g/mol. The highest BCUT2D eigenvalue weighted by molar-refractivity contribution is 7.66. The summed E-state index contributed by atoms with van der Waals surface area (Å²) in [6.07, 6.45) is -4.52. The Balaban J connectivity index is 1.51. The molecule has 2 aromatic heterocycles. The minimum atomic E-state index is -5.80. The Labute approximate surface area is 246 Å². The maximum absolute atomic E-state index is 13.3. The highest BCUT2D eigenvalue weighted by Gasteiger charge is 2.47. The summed E-state index contributed by atoms with van der Waals surface area (Å²) < 4.78 is 58.2. The Kier molecular flexibility index (Phi) is 10.2. The molecule has 4 unspecified atom stereocenters. The van der Waals surface area contributed by atoms with Crippen LogP contribution in [0.25, 0.3) is 11.1 Å². The van der Waals surface area contributed by atoms with Crippen molar-refractivity contribution in [2.24, 2.45) is 0 Å². The predicted octanol–water partition coefficient (Wildman–Crippen LogP) is 0.0914. The summed E-state index contributed by atoms with van der Waals surface area (Å²) in [6, 6.07) is 11.5. The lowest BCUT2D eigenvalue weighted by atomic mass is 10.1. The molecule has 1 aliphatic rings. The van der Waals surface area contributed by atoms with Gasteiger partial charge in [-0.05, 0) is 35.4 Å². The van der Waals surface area contributed by atoms with Crippen molar-refractivity contribution in [3.05, 3.63) is 81.4 Å². The van der Waals surface area contributed by atoms with Crippen LogP contribution in [0.2, 0.25) is 0 Å². The molecule has 0 radical (unpaired) electrons. The highest BCUT2D eigenvalue weighted by Crippen LogP contribution is 2.66. The average Bonchev–Trinajstić information content (AvgIpc) is 3.21. The zero-order valence-corrected chi connectivity index (χ0v) is 25.1. The van der Waals surface area contributed by atoms with Gasteiger partial charge in [0.15, 0.2) is 6.23 Å². The van der Waals surface area contributed by atoms with Crippen molar-refractivity contribution in [2.45, 2.75) is 31.1 Å². The van der Waals surface area contributed by atoms with Crippen molar-refractivity contribution >= 4 is 23.5 Å². The molecule has 6 atom stereocenters. The Bertz CT molecular complexity index is 1770. The number of hydrogen-bond donors (Lipinski definition) is 6. The maximum Gasteiger partial charge on any atom is 0.490 e. The number of phosphoric acid groups is 3. The number of hydrogen-bond acceptors (Lipinski definition) is 13. The molecule has 0 spiro atoms. The SMILES string of the molecule is COc1cccc(-c2ccnc(Cn3c(=O)ccn([C@@H]4O[C@H](COP(=O)(O)OP(=O)(O)OP(=O)(O)O)C(O)C4O)c3=O)c2)c1. The van der Waals surface area contributed by atoms with Gasteiger partial charge in [-0.2, -0.15) is 8.62 Å². The number of pyridine rings is 1. The van der Waals surface area contributed by atoms with E-state index < -0.39 is 65.9 Å². The molecule has 22 heteroatoms. The van der Waals surface area contributed by atoms with Crippen molar-refractivity contribution in [3.63, 3.8) is 0 Å². The third-order valence-corrected chi connectivity index (χ3v) is 9.87. The molecule has 3 aromatic rings. The summed E-state index contributed by atoms with van der Waals surface area (Å²) in [5, 5.41) is 20.9. The quantitative estimate of drug-likeness (QED) is 0.138. The van der Waals surface area contributed by atoms with E-state index >= 15 is 0 Å². The number of phosphoric ester groups is 1. The van der Waals surface area contributed by atoms with Gasteiger partial charge in [0.25, 0.3) is 5.56 Å². The van der Waals surface area contributed by atoms with E-state index in [4.69, 9.17) is 19.3 Å². The first-order chi connectivity index (χ1) is 20.5. The van der Waals surface area contributed by atoms with E-state index in [1.807, 2.05) is 6.07 Å². The molecule has 1 aliphatic heterocycles. The van der Waals surface area contributed by atoms with Crippen LogP contribution in [0, 0.1) is 0 Å². The second-order valence-electron chi connectivity index (χ2n) is 9.13. The Hall–Kier alpha value is -2.86. The third-order valence-electron chi connectivity index (χ3n) is 6.06. The van der Waals surface area contributed by atoms with Crippen LogP contribution in [0.5, 0.6) is 5.75 Å². The Morgan fingerprint density at radius 2 is 1.64 bits per heavy atom. The van der Waals surface area contributed by atoms with Gasteiger partial charge in [-0.15, -0.1) is 0 Å². The van der Waals surface area contributed by atoms with Crippen LogP contribution in [0.3, 0.4) is 0 Å². The van der Waals surface area contributed by atoms with Gasteiger partial charge in [-0.1, -0.05) is 12.1 Å². The van der Waals surface area contributed by atoms with Gasteiger partial charge < -0.3 is 39.3 Å². The molecular weight excluding hydrogens is 655 g/mol. The molecule has 0 bridgehead atoms. The van der Waals surface area contributed by atoms with Crippen molar-refractivity contribution < 1.29 is 66.1 Å². The lowest BCUT2D eigenvalue weighted by Crippen LogP contribution is -2.43. The van der Waals surface area contributed by atoms with E-state index in [1.54, 1.807) is 30.3 Å². The second-order valence-corrected chi connectivity index (χ2v) is 13.6. The van der Waals surface area contributed by atoms with Crippen molar-refractivity contribution in [3.8, 4) is 16.9 Å². The summed E-state index contributed by atoms with van der Waals surface area (Å²) in [5.74, 6) is 0.612. The molecule has 19 nitrogen and oxygen atoms in total. The standard InChI is InChI=1S/C22H26N3O16P3/c1-37-16-4-2-3-13(10-16)14-5-7-23-15(9-14)11-25-18(26)6-8-24(22(25)29)21-20(28)19(27)17(39-21)12-38-43(33,34)41-44(35,36)40-42(30,31)32/h2-10,17,19-21,27-28H,11-12H2,1H3,(H,33,34)(H,35,36)(H2,30,31,32)/t17-,19?,20?,21-/m1/s1. The molecule has 240 valence electrons. The molecule has 0 saturated carbocycles. The first-order valence-electron chi connectivity index (χ1n) is 12.2. The third kappa shape index (κ3) is 8.44. The smallest absolute Gasteiger partial charge is 0.490 e. The van der Waals surface area contributed by atoms with Crippen LogP contribution in [0.1, 0.15) is 11.9 Å². The van der Waals surface area contributed by atoms with Gasteiger partial charge in [0.2, 0.25) is 0 Å². The first-order valence-corrected chi connectivity index (χ1v) is 16.7. The zero-order valence-electron chi connectivity index (χ0n) is 22.4. The normalized spacial score (nSPS) is 23.2. The van der Waals surface area contributed by atoms with E-state index in [-0.39, 0.29) is 6.54 Å². The number of methoxy groups -OCH3 is 1. The summed E-state index contributed by atoms with van der Waals surface area (Å²) in [7, 11) is -15.5. The van der Waals surface area contributed by atoms with E-state index in [0.29, 0.717) is 11.4 Å². The van der Waals surface area contributed by atoms with E-state index in [2.05, 4.69) is 18.1 Å².